The Labute approximate surface area is 146 Å². The lowest BCUT2D eigenvalue weighted by molar-refractivity contribution is -0.124. The number of anilines is 1. The van der Waals surface area contributed by atoms with Crippen LogP contribution in [0.1, 0.15) is 24.0 Å². The first-order valence-corrected chi connectivity index (χ1v) is 8.53. The van der Waals surface area contributed by atoms with Crippen molar-refractivity contribution in [1.82, 2.24) is 5.32 Å². The van der Waals surface area contributed by atoms with Crippen LogP contribution in [-0.2, 0) is 22.4 Å². The van der Waals surface area contributed by atoms with Crippen molar-refractivity contribution in [1.29, 1.82) is 0 Å². The molecule has 2 amide bonds. The zero-order valence-electron chi connectivity index (χ0n) is 14.0. The minimum Gasteiger partial charge on any atom is -0.355 e. The summed E-state index contributed by atoms with van der Waals surface area (Å²) in [5.74, 6) is -0.442. The van der Waals surface area contributed by atoms with Crippen molar-refractivity contribution < 1.29 is 14.0 Å². The van der Waals surface area contributed by atoms with E-state index in [-0.39, 0.29) is 24.2 Å². The van der Waals surface area contributed by atoms with E-state index in [0.29, 0.717) is 31.4 Å². The van der Waals surface area contributed by atoms with Crippen LogP contribution in [0, 0.1) is 5.82 Å². The Morgan fingerprint density at radius 2 is 1.84 bits per heavy atom. The highest BCUT2D eigenvalue weighted by Crippen LogP contribution is 2.27. The first-order valence-electron chi connectivity index (χ1n) is 8.53. The summed E-state index contributed by atoms with van der Waals surface area (Å²) in [6, 6.07) is 14.3. The number of rotatable bonds is 6. The summed E-state index contributed by atoms with van der Waals surface area (Å²) in [5, 5.41) is 2.82. The van der Waals surface area contributed by atoms with Crippen molar-refractivity contribution >= 4 is 17.5 Å². The van der Waals surface area contributed by atoms with Crippen LogP contribution in [0.5, 0.6) is 0 Å². The van der Waals surface area contributed by atoms with Crippen molar-refractivity contribution in [3.05, 3.63) is 65.5 Å². The first kappa shape index (κ1) is 17.1. The van der Waals surface area contributed by atoms with Gasteiger partial charge in [-0.15, -0.1) is 0 Å². The van der Waals surface area contributed by atoms with Crippen LogP contribution >= 0.6 is 0 Å². The first-order chi connectivity index (χ1) is 12.1. The molecule has 1 aliphatic rings. The molecule has 4 nitrogen and oxygen atoms in total. The number of nitrogens with one attached hydrogen (secondary N) is 1. The highest BCUT2D eigenvalue weighted by Gasteiger charge is 2.25. The summed E-state index contributed by atoms with van der Waals surface area (Å²) in [7, 11) is 0. The minimum atomic E-state index is -0.218. The lowest BCUT2D eigenvalue weighted by Gasteiger charge is -2.28. The molecule has 0 spiro atoms. The van der Waals surface area contributed by atoms with Crippen molar-refractivity contribution in [2.75, 3.05) is 18.0 Å². The lowest BCUT2D eigenvalue weighted by Crippen LogP contribution is -2.43. The molecule has 0 atom stereocenters. The number of benzene rings is 2. The van der Waals surface area contributed by atoms with Crippen molar-refractivity contribution in [2.45, 2.75) is 25.7 Å². The van der Waals surface area contributed by atoms with E-state index < -0.39 is 0 Å². The predicted octanol–water partition coefficient (Wildman–Crippen LogP) is 2.85. The molecule has 0 bridgehead atoms. The molecule has 3 rings (SSSR count). The maximum absolute atomic E-state index is 13.5. The minimum absolute atomic E-state index is 0.0234. The average molecular weight is 340 g/mol. The fraction of sp³-hybridized carbons (Fsp3) is 0.300. The molecule has 25 heavy (non-hydrogen) atoms. The molecule has 130 valence electrons. The molecule has 0 aliphatic carbocycles. The number of nitrogens with zero attached hydrogens (tertiary/aromatic N) is 1. The van der Waals surface area contributed by atoms with Crippen molar-refractivity contribution in [3.63, 3.8) is 0 Å². The predicted molar refractivity (Wildman–Crippen MR) is 94.8 cm³/mol. The summed E-state index contributed by atoms with van der Waals surface area (Å²) in [6.07, 6.45) is 2.36. The number of fused-ring (bicyclic) bond motifs is 1. The zero-order valence-corrected chi connectivity index (χ0v) is 14.0. The van der Waals surface area contributed by atoms with E-state index in [1.807, 2.05) is 24.3 Å². The molecule has 0 saturated carbocycles. The van der Waals surface area contributed by atoms with Gasteiger partial charge in [0.15, 0.2) is 0 Å². The number of aryl methyl sites for hydroxylation is 2. The van der Waals surface area contributed by atoms with Gasteiger partial charge < -0.3 is 10.2 Å². The second-order valence-electron chi connectivity index (χ2n) is 6.15. The van der Waals surface area contributed by atoms with E-state index in [1.54, 1.807) is 23.1 Å². The Hall–Kier alpha value is -2.69. The Kier molecular flexibility index (Phi) is 5.43. The lowest BCUT2D eigenvalue weighted by atomic mass is 10.0. The summed E-state index contributed by atoms with van der Waals surface area (Å²) in [4.78, 5) is 25.9. The van der Waals surface area contributed by atoms with Gasteiger partial charge in [0.2, 0.25) is 11.8 Å². The molecular formula is C20H21FN2O2. The zero-order chi connectivity index (χ0) is 17.6. The number of carbonyl (C=O) groups excluding carboxylic acids is 2. The van der Waals surface area contributed by atoms with E-state index >= 15 is 0 Å². The molecule has 5 heteroatoms. The standard InChI is InChI=1S/C20H21FN2O2/c21-17-9-3-1-6-15(17)8-5-13-22-19(24)14-23-18-10-4-2-7-16(18)11-12-20(23)25/h1-4,6-7,9-10H,5,8,11-14H2,(H,22,24). The summed E-state index contributed by atoms with van der Waals surface area (Å²) < 4.78 is 13.5. The molecule has 1 N–H and O–H groups in total. The Morgan fingerprint density at radius 3 is 2.68 bits per heavy atom. The Balaban J connectivity index is 1.50. The van der Waals surface area contributed by atoms with Gasteiger partial charge in [-0.2, -0.15) is 0 Å². The van der Waals surface area contributed by atoms with Gasteiger partial charge in [-0.05, 0) is 42.5 Å². The van der Waals surface area contributed by atoms with Crippen LogP contribution in [0.2, 0.25) is 0 Å². The highest BCUT2D eigenvalue weighted by atomic mass is 19.1. The van der Waals surface area contributed by atoms with E-state index in [0.717, 1.165) is 17.7 Å². The van der Waals surface area contributed by atoms with E-state index in [2.05, 4.69) is 5.32 Å². The molecule has 0 saturated heterocycles. The number of hydrogen-bond donors (Lipinski definition) is 1. The van der Waals surface area contributed by atoms with Crippen molar-refractivity contribution in [2.24, 2.45) is 0 Å². The fourth-order valence-corrected chi connectivity index (χ4v) is 3.08. The summed E-state index contributed by atoms with van der Waals surface area (Å²) in [5.41, 5.74) is 2.56. The molecule has 0 fully saturated rings. The second kappa shape index (κ2) is 7.92. The van der Waals surface area contributed by atoms with Crippen molar-refractivity contribution in [3.8, 4) is 0 Å². The maximum atomic E-state index is 13.5. The quantitative estimate of drug-likeness (QED) is 0.822. The third-order valence-electron chi connectivity index (χ3n) is 4.40. The molecule has 0 unspecified atom stereocenters. The molecule has 0 aromatic heterocycles. The van der Waals surface area contributed by atoms with Gasteiger partial charge in [-0.25, -0.2) is 4.39 Å². The monoisotopic (exact) mass is 340 g/mol. The van der Waals surface area contributed by atoms with Gasteiger partial charge in [0.05, 0.1) is 0 Å². The molecule has 1 aliphatic heterocycles. The second-order valence-corrected chi connectivity index (χ2v) is 6.15. The smallest absolute Gasteiger partial charge is 0.240 e. The average Bonchev–Trinajstić information content (AvgIpc) is 2.62. The maximum Gasteiger partial charge on any atom is 0.240 e. The third kappa shape index (κ3) is 4.24. The molecule has 2 aromatic rings. The largest absolute Gasteiger partial charge is 0.355 e. The number of carbonyl (C=O) groups is 2. The number of halogens is 1. The topological polar surface area (TPSA) is 49.4 Å². The number of para-hydroxylation sites is 1. The fourth-order valence-electron chi connectivity index (χ4n) is 3.08. The normalized spacial score (nSPS) is 13.5. The van der Waals surface area contributed by atoms with Crippen LogP contribution in [0.25, 0.3) is 0 Å². The third-order valence-corrected chi connectivity index (χ3v) is 4.40. The Morgan fingerprint density at radius 1 is 1.08 bits per heavy atom. The van der Waals surface area contributed by atoms with Crippen LogP contribution in [0.3, 0.4) is 0 Å². The van der Waals surface area contributed by atoms with E-state index in [4.69, 9.17) is 0 Å². The summed E-state index contributed by atoms with van der Waals surface area (Å²) >= 11 is 0. The number of hydrogen-bond acceptors (Lipinski definition) is 2. The van der Waals surface area contributed by atoms with Crippen LogP contribution in [-0.4, -0.2) is 24.9 Å². The van der Waals surface area contributed by atoms with Gasteiger partial charge in [-0.3, -0.25) is 9.59 Å². The molecule has 1 heterocycles. The van der Waals surface area contributed by atoms with E-state index in [9.17, 15) is 14.0 Å². The van der Waals surface area contributed by atoms with Crippen LogP contribution in [0.4, 0.5) is 10.1 Å². The van der Waals surface area contributed by atoms with Gasteiger partial charge in [-0.1, -0.05) is 36.4 Å². The highest BCUT2D eigenvalue weighted by molar-refractivity contribution is 6.00. The van der Waals surface area contributed by atoms with Gasteiger partial charge >= 0.3 is 0 Å². The van der Waals surface area contributed by atoms with Gasteiger partial charge in [0, 0.05) is 18.7 Å². The molecule has 0 radical (unpaired) electrons. The Bertz CT molecular complexity index is 776. The van der Waals surface area contributed by atoms with Crippen LogP contribution < -0.4 is 10.2 Å². The number of amides is 2. The summed E-state index contributed by atoms with van der Waals surface area (Å²) in [6.45, 7) is 0.479. The molecule has 2 aromatic carbocycles. The van der Waals surface area contributed by atoms with Gasteiger partial charge in [0.25, 0.3) is 0 Å². The van der Waals surface area contributed by atoms with Gasteiger partial charge in [0.1, 0.15) is 12.4 Å². The van der Waals surface area contributed by atoms with E-state index in [1.165, 1.54) is 6.07 Å². The SMILES string of the molecule is O=C(CN1C(=O)CCc2ccccc21)NCCCc1ccccc1F. The van der Waals surface area contributed by atoms with Crippen LogP contribution in [0.15, 0.2) is 48.5 Å². The molecular weight excluding hydrogens is 319 g/mol.